The van der Waals surface area contributed by atoms with Crippen LogP contribution < -0.4 is 5.32 Å². The number of rotatable bonds is 7. The number of para-hydroxylation sites is 2. The van der Waals surface area contributed by atoms with Gasteiger partial charge >= 0.3 is 0 Å². The third-order valence-corrected chi connectivity index (χ3v) is 4.92. The number of fused-ring (bicyclic) bond motifs is 1. The lowest BCUT2D eigenvalue weighted by atomic mass is 10.2. The van der Waals surface area contributed by atoms with Crippen LogP contribution in [0, 0.1) is 12.7 Å². The maximum Gasteiger partial charge on any atom is 0.230 e. The third kappa shape index (κ3) is 4.60. The Morgan fingerprint density at radius 2 is 1.96 bits per heavy atom. The molecular formula is C19H20FN3OS. The van der Waals surface area contributed by atoms with Gasteiger partial charge in [-0.25, -0.2) is 9.37 Å². The largest absolute Gasteiger partial charge is 0.354 e. The number of halogens is 1. The molecule has 2 aromatic carbocycles. The van der Waals surface area contributed by atoms with Crippen LogP contribution in [0.15, 0.2) is 48.5 Å². The Labute approximate surface area is 150 Å². The van der Waals surface area contributed by atoms with Gasteiger partial charge in [-0.15, -0.1) is 11.8 Å². The van der Waals surface area contributed by atoms with E-state index in [-0.39, 0.29) is 11.7 Å². The van der Waals surface area contributed by atoms with Crippen molar-refractivity contribution in [2.75, 3.05) is 12.3 Å². The van der Waals surface area contributed by atoms with Gasteiger partial charge in [-0.3, -0.25) is 4.79 Å². The quantitative estimate of drug-likeness (QED) is 0.704. The predicted molar refractivity (Wildman–Crippen MR) is 100 cm³/mol. The van der Waals surface area contributed by atoms with E-state index in [9.17, 15) is 9.18 Å². The molecule has 4 nitrogen and oxygen atoms in total. The Hall–Kier alpha value is -2.34. The van der Waals surface area contributed by atoms with E-state index in [4.69, 9.17) is 0 Å². The number of thioether (sulfide) groups is 1. The van der Waals surface area contributed by atoms with Crippen LogP contribution in [0.4, 0.5) is 4.39 Å². The van der Waals surface area contributed by atoms with E-state index in [1.54, 1.807) is 12.1 Å². The van der Waals surface area contributed by atoms with Gasteiger partial charge in [0.15, 0.2) is 0 Å². The van der Waals surface area contributed by atoms with Gasteiger partial charge in [-0.2, -0.15) is 0 Å². The summed E-state index contributed by atoms with van der Waals surface area (Å²) in [6, 6.07) is 14.4. The van der Waals surface area contributed by atoms with Crippen LogP contribution in [0.1, 0.15) is 11.4 Å². The van der Waals surface area contributed by atoms with E-state index in [0.29, 0.717) is 24.6 Å². The van der Waals surface area contributed by atoms with Crippen molar-refractivity contribution in [3.63, 3.8) is 0 Å². The van der Waals surface area contributed by atoms with Gasteiger partial charge in [-0.05, 0) is 36.8 Å². The lowest BCUT2D eigenvalue weighted by Crippen LogP contribution is -2.28. The predicted octanol–water partition coefficient (Wildman–Crippen LogP) is 3.53. The molecule has 1 amide bonds. The van der Waals surface area contributed by atoms with Crippen molar-refractivity contribution in [3.05, 3.63) is 65.7 Å². The fourth-order valence-corrected chi connectivity index (χ4v) is 3.50. The lowest BCUT2D eigenvalue weighted by Gasteiger charge is -2.08. The molecule has 25 heavy (non-hydrogen) atoms. The molecule has 0 aliphatic carbocycles. The zero-order chi connectivity index (χ0) is 17.6. The fraction of sp³-hybridized carbons (Fsp3) is 0.263. The first-order valence-electron chi connectivity index (χ1n) is 8.14. The first-order chi connectivity index (χ1) is 12.1. The van der Waals surface area contributed by atoms with E-state index in [1.165, 1.54) is 23.9 Å². The molecule has 0 radical (unpaired) electrons. The number of imidazole rings is 1. The smallest absolute Gasteiger partial charge is 0.230 e. The monoisotopic (exact) mass is 357 g/mol. The van der Waals surface area contributed by atoms with Crippen LogP contribution in [-0.2, 0) is 17.1 Å². The number of hydrogen-bond acceptors (Lipinski definition) is 3. The normalized spacial score (nSPS) is 11.0. The second-order valence-corrected chi connectivity index (χ2v) is 6.75. The molecule has 3 aromatic rings. The van der Waals surface area contributed by atoms with Crippen LogP contribution in [0.2, 0.25) is 0 Å². The van der Waals surface area contributed by atoms with Crippen LogP contribution in [-0.4, -0.2) is 27.8 Å². The van der Waals surface area contributed by atoms with Crippen LogP contribution >= 0.6 is 11.8 Å². The molecule has 1 heterocycles. The van der Waals surface area contributed by atoms with Gasteiger partial charge in [0.2, 0.25) is 5.91 Å². The van der Waals surface area contributed by atoms with Crippen molar-refractivity contribution >= 4 is 28.7 Å². The minimum atomic E-state index is -0.242. The maximum absolute atomic E-state index is 12.8. The molecule has 6 heteroatoms. The summed E-state index contributed by atoms with van der Waals surface area (Å²) in [4.78, 5) is 16.5. The Bertz CT molecular complexity index is 861. The second kappa shape index (κ2) is 8.16. The van der Waals surface area contributed by atoms with Gasteiger partial charge in [0.1, 0.15) is 11.6 Å². The van der Waals surface area contributed by atoms with E-state index in [0.717, 1.165) is 22.4 Å². The molecule has 0 unspecified atom stereocenters. The average molecular weight is 357 g/mol. The van der Waals surface area contributed by atoms with Gasteiger partial charge in [0.25, 0.3) is 0 Å². The molecule has 0 bridgehead atoms. The summed E-state index contributed by atoms with van der Waals surface area (Å²) in [6.07, 6.45) is 0. The van der Waals surface area contributed by atoms with E-state index < -0.39 is 0 Å². The molecule has 0 atom stereocenters. The molecular weight excluding hydrogens is 337 g/mol. The zero-order valence-electron chi connectivity index (χ0n) is 14.0. The highest BCUT2D eigenvalue weighted by Crippen LogP contribution is 2.15. The molecule has 0 aliphatic heterocycles. The number of amides is 1. The first kappa shape index (κ1) is 17.5. The topological polar surface area (TPSA) is 46.9 Å². The van der Waals surface area contributed by atoms with Gasteiger partial charge < -0.3 is 9.88 Å². The van der Waals surface area contributed by atoms with Gasteiger partial charge in [0.05, 0.1) is 16.8 Å². The van der Waals surface area contributed by atoms with Crippen molar-refractivity contribution in [3.8, 4) is 0 Å². The van der Waals surface area contributed by atoms with E-state index in [2.05, 4.69) is 14.9 Å². The molecule has 3 rings (SSSR count). The maximum atomic E-state index is 12.8. The third-order valence-electron chi connectivity index (χ3n) is 3.92. The van der Waals surface area contributed by atoms with Crippen molar-refractivity contribution in [2.45, 2.75) is 19.2 Å². The van der Waals surface area contributed by atoms with Crippen LogP contribution in [0.5, 0.6) is 0 Å². The summed E-state index contributed by atoms with van der Waals surface area (Å²) in [5.41, 5.74) is 3.07. The number of carbonyl (C=O) groups is 1. The SMILES string of the molecule is Cc1nc2ccccc2n1CCNC(=O)CSCc1ccc(F)cc1. The van der Waals surface area contributed by atoms with Crippen molar-refractivity contribution in [1.29, 1.82) is 0 Å². The van der Waals surface area contributed by atoms with Gasteiger partial charge in [0, 0.05) is 18.8 Å². The highest BCUT2D eigenvalue weighted by atomic mass is 32.2. The minimum absolute atomic E-state index is 0.00851. The molecule has 0 saturated heterocycles. The average Bonchev–Trinajstić information content (AvgIpc) is 2.92. The van der Waals surface area contributed by atoms with E-state index in [1.807, 2.05) is 31.2 Å². The minimum Gasteiger partial charge on any atom is -0.354 e. The Kier molecular flexibility index (Phi) is 5.71. The number of benzene rings is 2. The first-order valence-corrected chi connectivity index (χ1v) is 9.30. The molecule has 1 aromatic heterocycles. The Morgan fingerprint density at radius 1 is 1.20 bits per heavy atom. The summed E-state index contributed by atoms with van der Waals surface area (Å²) >= 11 is 1.52. The molecule has 1 N–H and O–H groups in total. The molecule has 0 saturated carbocycles. The summed E-state index contributed by atoms with van der Waals surface area (Å²) in [5, 5.41) is 2.94. The molecule has 130 valence electrons. The number of hydrogen-bond donors (Lipinski definition) is 1. The summed E-state index contributed by atoms with van der Waals surface area (Å²) in [6.45, 7) is 3.23. The Balaban J connectivity index is 1.43. The van der Waals surface area contributed by atoms with Crippen molar-refractivity contribution < 1.29 is 9.18 Å². The number of nitrogens with zero attached hydrogens (tertiary/aromatic N) is 2. The fourth-order valence-electron chi connectivity index (χ4n) is 2.68. The van der Waals surface area contributed by atoms with Crippen molar-refractivity contribution in [2.24, 2.45) is 0 Å². The summed E-state index contributed by atoms with van der Waals surface area (Å²) in [7, 11) is 0. The van der Waals surface area contributed by atoms with Crippen LogP contribution in [0.3, 0.4) is 0 Å². The van der Waals surface area contributed by atoms with Crippen LogP contribution in [0.25, 0.3) is 11.0 Å². The molecule has 0 aliphatic rings. The molecule has 0 fully saturated rings. The van der Waals surface area contributed by atoms with Crippen molar-refractivity contribution in [1.82, 2.24) is 14.9 Å². The Morgan fingerprint density at radius 3 is 2.76 bits per heavy atom. The molecule has 0 spiro atoms. The number of aromatic nitrogens is 2. The highest BCUT2D eigenvalue weighted by molar-refractivity contribution is 7.99. The van der Waals surface area contributed by atoms with E-state index >= 15 is 0 Å². The summed E-state index contributed by atoms with van der Waals surface area (Å²) in [5.74, 6) is 1.80. The number of nitrogens with one attached hydrogen (secondary N) is 1. The highest BCUT2D eigenvalue weighted by Gasteiger charge is 2.07. The lowest BCUT2D eigenvalue weighted by molar-refractivity contribution is -0.118. The number of carbonyl (C=O) groups excluding carboxylic acids is 1. The second-order valence-electron chi connectivity index (χ2n) is 5.77. The van der Waals surface area contributed by atoms with Gasteiger partial charge in [-0.1, -0.05) is 24.3 Å². The summed E-state index contributed by atoms with van der Waals surface area (Å²) < 4.78 is 15.0. The standard InChI is InChI=1S/C19H20FN3OS/c1-14-22-17-4-2-3-5-18(17)23(14)11-10-21-19(24)13-25-12-15-6-8-16(20)9-7-15/h2-9H,10-13H2,1H3,(H,21,24). The zero-order valence-corrected chi connectivity index (χ0v) is 14.9. The number of aryl methyl sites for hydroxylation is 1.